The van der Waals surface area contributed by atoms with Crippen molar-refractivity contribution in [1.29, 1.82) is 0 Å². The lowest BCUT2D eigenvalue weighted by atomic mass is 10.2. The third-order valence-corrected chi connectivity index (χ3v) is 3.63. The van der Waals surface area contributed by atoms with Crippen LogP contribution in [-0.2, 0) is 0 Å². The van der Waals surface area contributed by atoms with Crippen LogP contribution in [-0.4, -0.2) is 7.11 Å². The molecule has 0 aliphatic carbocycles. The molecule has 0 aliphatic heterocycles. The van der Waals surface area contributed by atoms with Crippen molar-refractivity contribution in [3.05, 3.63) is 48.0 Å². The zero-order valence-electron chi connectivity index (χ0n) is 9.94. The van der Waals surface area contributed by atoms with Crippen LogP contribution in [0.4, 0.5) is 5.69 Å². The van der Waals surface area contributed by atoms with Crippen LogP contribution in [0.1, 0.15) is 5.56 Å². The SMILES string of the molecule is COc1cccc(Sc2cc(N)ccc2C)c1. The summed E-state index contributed by atoms with van der Waals surface area (Å²) in [5.41, 5.74) is 7.82. The van der Waals surface area contributed by atoms with E-state index in [0.29, 0.717) is 0 Å². The fourth-order valence-electron chi connectivity index (χ4n) is 1.52. The van der Waals surface area contributed by atoms with Gasteiger partial charge in [-0.25, -0.2) is 0 Å². The van der Waals surface area contributed by atoms with E-state index in [-0.39, 0.29) is 0 Å². The summed E-state index contributed by atoms with van der Waals surface area (Å²) in [5.74, 6) is 0.872. The number of rotatable bonds is 3. The molecular weight excluding hydrogens is 230 g/mol. The number of nitrogen functional groups attached to an aromatic ring is 1. The number of hydrogen-bond donors (Lipinski definition) is 1. The van der Waals surface area contributed by atoms with Crippen molar-refractivity contribution in [2.45, 2.75) is 16.7 Å². The van der Waals surface area contributed by atoms with Crippen LogP contribution in [0, 0.1) is 6.92 Å². The first-order valence-electron chi connectivity index (χ1n) is 5.37. The van der Waals surface area contributed by atoms with Crippen molar-refractivity contribution in [3.8, 4) is 5.75 Å². The van der Waals surface area contributed by atoms with Gasteiger partial charge in [0.15, 0.2) is 0 Å². The zero-order valence-corrected chi connectivity index (χ0v) is 10.8. The van der Waals surface area contributed by atoms with Crippen LogP contribution >= 0.6 is 11.8 Å². The van der Waals surface area contributed by atoms with Crippen molar-refractivity contribution >= 4 is 17.4 Å². The maximum absolute atomic E-state index is 5.80. The Morgan fingerprint density at radius 2 is 1.94 bits per heavy atom. The predicted octanol–water partition coefficient (Wildman–Crippen LogP) is 3.74. The number of ether oxygens (including phenoxy) is 1. The van der Waals surface area contributed by atoms with Crippen LogP contribution in [0.5, 0.6) is 5.75 Å². The first-order valence-corrected chi connectivity index (χ1v) is 6.19. The lowest BCUT2D eigenvalue weighted by Gasteiger charge is -2.07. The molecule has 0 unspecified atom stereocenters. The van der Waals surface area contributed by atoms with Gasteiger partial charge in [-0.15, -0.1) is 0 Å². The highest BCUT2D eigenvalue weighted by Crippen LogP contribution is 2.33. The molecule has 0 bridgehead atoms. The number of benzene rings is 2. The van der Waals surface area contributed by atoms with Crippen LogP contribution < -0.4 is 10.5 Å². The molecule has 2 aromatic rings. The molecule has 0 aromatic heterocycles. The molecule has 0 atom stereocenters. The van der Waals surface area contributed by atoms with Crippen LogP contribution in [0.15, 0.2) is 52.3 Å². The number of methoxy groups -OCH3 is 1. The third kappa shape index (κ3) is 2.94. The molecule has 2 aromatic carbocycles. The molecule has 2 rings (SSSR count). The number of hydrogen-bond acceptors (Lipinski definition) is 3. The molecule has 0 fully saturated rings. The van der Waals surface area contributed by atoms with Gasteiger partial charge in [-0.2, -0.15) is 0 Å². The molecule has 0 heterocycles. The molecular formula is C14H15NOS. The first-order chi connectivity index (χ1) is 8.19. The summed E-state index contributed by atoms with van der Waals surface area (Å²) in [4.78, 5) is 2.33. The fourth-order valence-corrected chi connectivity index (χ4v) is 2.52. The summed E-state index contributed by atoms with van der Waals surface area (Å²) in [7, 11) is 1.68. The molecule has 88 valence electrons. The van der Waals surface area contributed by atoms with E-state index in [2.05, 4.69) is 13.0 Å². The van der Waals surface area contributed by atoms with E-state index in [1.807, 2.05) is 36.4 Å². The fraction of sp³-hybridized carbons (Fsp3) is 0.143. The summed E-state index contributed by atoms with van der Waals surface area (Å²) in [6, 6.07) is 14.0. The average Bonchev–Trinajstić information content (AvgIpc) is 2.34. The third-order valence-electron chi connectivity index (χ3n) is 2.48. The van der Waals surface area contributed by atoms with E-state index < -0.39 is 0 Å². The highest BCUT2D eigenvalue weighted by Gasteiger charge is 2.03. The molecule has 0 saturated heterocycles. The van der Waals surface area contributed by atoms with Crippen molar-refractivity contribution in [3.63, 3.8) is 0 Å². The van der Waals surface area contributed by atoms with Gasteiger partial charge in [0.2, 0.25) is 0 Å². The molecule has 2 N–H and O–H groups in total. The van der Waals surface area contributed by atoms with E-state index in [9.17, 15) is 0 Å². The van der Waals surface area contributed by atoms with Crippen molar-refractivity contribution in [2.24, 2.45) is 0 Å². The quantitative estimate of drug-likeness (QED) is 0.837. The zero-order chi connectivity index (χ0) is 12.3. The van der Waals surface area contributed by atoms with Gasteiger partial charge in [-0.3, -0.25) is 0 Å². The van der Waals surface area contributed by atoms with Crippen molar-refractivity contribution in [2.75, 3.05) is 12.8 Å². The number of aryl methyl sites for hydroxylation is 1. The average molecular weight is 245 g/mol. The molecule has 0 radical (unpaired) electrons. The Balaban J connectivity index is 2.27. The number of nitrogens with two attached hydrogens (primary N) is 1. The van der Waals surface area contributed by atoms with Crippen LogP contribution in [0.25, 0.3) is 0 Å². The maximum Gasteiger partial charge on any atom is 0.119 e. The maximum atomic E-state index is 5.80. The molecule has 2 nitrogen and oxygen atoms in total. The Morgan fingerprint density at radius 3 is 2.71 bits per heavy atom. The van der Waals surface area contributed by atoms with E-state index in [1.54, 1.807) is 18.9 Å². The lowest BCUT2D eigenvalue weighted by Crippen LogP contribution is -1.87. The summed E-state index contributed by atoms with van der Waals surface area (Å²) < 4.78 is 5.21. The largest absolute Gasteiger partial charge is 0.497 e. The second-order valence-electron chi connectivity index (χ2n) is 3.81. The van der Waals surface area contributed by atoms with Crippen molar-refractivity contribution in [1.82, 2.24) is 0 Å². The minimum absolute atomic E-state index is 0.793. The minimum Gasteiger partial charge on any atom is -0.497 e. The van der Waals surface area contributed by atoms with E-state index in [4.69, 9.17) is 10.5 Å². The van der Waals surface area contributed by atoms with Gasteiger partial charge in [0, 0.05) is 15.5 Å². The molecule has 0 amide bonds. The Kier molecular flexibility index (Phi) is 3.59. The summed E-state index contributed by atoms with van der Waals surface area (Å²) in [6.45, 7) is 2.09. The molecule has 0 aliphatic rings. The minimum atomic E-state index is 0.793. The highest BCUT2D eigenvalue weighted by molar-refractivity contribution is 7.99. The second-order valence-corrected chi connectivity index (χ2v) is 4.92. The van der Waals surface area contributed by atoms with E-state index >= 15 is 0 Å². The second kappa shape index (κ2) is 5.15. The van der Waals surface area contributed by atoms with Gasteiger partial charge in [0.1, 0.15) is 5.75 Å². The van der Waals surface area contributed by atoms with Crippen molar-refractivity contribution < 1.29 is 4.74 Å². The van der Waals surface area contributed by atoms with Gasteiger partial charge in [-0.1, -0.05) is 23.9 Å². The Hall–Kier alpha value is -1.61. The molecule has 0 spiro atoms. The van der Waals surface area contributed by atoms with Gasteiger partial charge >= 0.3 is 0 Å². The van der Waals surface area contributed by atoms with E-state index in [1.165, 1.54) is 10.5 Å². The topological polar surface area (TPSA) is 35.2 Å². The first kappa shape index (κ1) is 11.9. The monoisotopic (exact) mass is 245 g/mol. The van der Waals surface area contributed by atoms with E-state index in [0.717, 1.165) is 16.3 Å². The Bertz CT molecular complexity index is 525. The van der Waals surface area contributed by atoms with Gasteiger partial charge in [0.25, 0.3) is 0 Å². The van der Waals surface area contributed by atoms with Gasteiger partial charge in [-0.05, 0) is 42.8 Å². The molecule has 3 heteroatoms. The van der Waals surface area contributed by atoms with Crippen LogP contribution in [0.3, 0.4) is 0 Å². The molecule has 17 heavy (non-hydrogen) atoms. The standard InChI is InChI=1S/C14H15NOS/c1-10-6-7-11(15)8-14(10)17-13-5-3-4-12(9-13)16-2/h3-9H,15H2,1-2H3. The lowest BCUT2D eigenvalue weighted by molar-refractivity contribution is 0.413. The summed E-state index contributed by atoms with van der Waals surface area (Å²) in [6.07, 6.45) is 0. The van der Waals surface area contributed by atoms with Gasteiger partial charge in [0.05, 0.1) is 7.11 Å². The summed E-state index contributed by atoms with van der Waals surface area (Å²) >= 11 is 1.70. The smallest absolute Gasteiger partial charge is 0.119 e. The predicted molar refractivity (Wildman–Crippen MR) is 72.7 cm³/mol. The normalized spacial score (nSPS) is 10.2. The van der Waals surface area contributed by atoms with Gasteiger partial charge < -0.3 is 10.5 Å². The Morgan fingerprint density at radius 1 is 1.12 bits per heavy atom. The number of anilines is 1. The highest BCUT2D eigenvalue weighted by atomic mass is 32.2. The van der Waals surface area contributed by atoms with Crippen LogP contribution in [0.2, 0.25) is 0 Å². The summed E-state index contributed by atoms with van der Waals surface area (Å²) in [5, 5.41) is 0. The Labute approximate surface area is 106 Å². The molecule has 0 saturated carbocycles.